The van der Waals surface area contributed by atoms with E-state index in [0.717, 1.165) is 6.42 Å². The average Bonchev–Trinajstić information content (AvgIpc) is 2.35. The predicted molar refractivity (Wildman–Crippen MR) is 72.3 cm³/mol. The molecule has 1 rings (SSSR count). The number of alkyl halides is 3. The lowest BCUT2D eigenvalue weighted by molar-refractivity contribution is -0.132. The number of nitrogens with two attached hydrogens (primary N) is 1. The standard InChI is InChI=1S/C14H20F4N2/c1-3-12(19)9-10-8-11(15)4-5-13(10)20(2)7-6-14(16,17)18/h4-5,8,12H,3,6-7,9,19H2,1-2H3. The van der Waals surface area contributed by atoms with Gasteiger partial charge in [0.25, 0.3) is 0 Å². The normalized spacial score (nSPS) is 13.3. The molecule has 0 aliphatic carbocycles. The van der Waals surface area contributed by atoms with Gasteiger partial charge in [-0.15, -0.1) is 0 Å². The molecule has 0 spiro atoms. The molecule has 0 bridgehead atoms. The van der Waals surface area contributed by atoms with Gasteiger partial charge < -0.3 is 10.6 Å². The van der Waals surface area contributed by atoms with Gasteiger partial charge in [-0.05, 0) is 36.6 Å². The zero-order chi connectivity index (χ0) is 15.3. The molecule has 0 heterocycles. The van der Waals surface area contributed by atoms with E-state index in [9.17, 15) is 17.6 Å². The van der Waals surface area contributed by atoms with Crippen molar-refractivity contribution >= 4 is 5.69 Å². The van der Waals surface area contributed by atoms with Crippen molar-refractivity contribution in [3.8, 4) is 0 Å². The Labute approximate surface area is 116 Å². The van der Waals surface area contributed by atoms with Gasteiger partial charge in [-0.25, -0.2) is 4.39 Å². The third-order valence-corrected chi connectivity index (χ3v) is 3.19. The Kier molecular flexibility index (Phi) is 5.80. The van der Waals surface area contributed by atoms with Crippen molar-refractivity contribution in [2.75, 3.05) is 18.5 Å². The topological polar surface area (TPSA) is 29.3 Å². The van der Waals surface area contributed by atoms with Crippen LogP contribution in [0.1, 0.15) is 25.3 Å². The van der Waals surface area contributed by atoms with Gasteiger partial charge in [0, 0.05) is 25.3 Å². The zero-order valence-corrected chi connectivity index (χ0v) is 11.7. The number of nitrogens with zero attached hydrogens (tertiary/aromatic N) is 1. The zero-order valence-electron chi connectivity index (χ0n) is 11.7. The second-order valence-electron chi connectivity index (χ2n) is 4.93. The molecule has 2 N–H and O–H groups in total. The van der Waals surface area contributed by atoms with Crippen molar-refractivity contribution in [1.29, 1.82) is 0 Å². The predicted octanol–water partition coefficient (Wildman–Crippen LogP) is 3.49. The van der Waals surface area contributed by atoms with Gasteiger partial charge in [0.15, 0.2) is 0 Å². The molecule has 1 atom stereocenters. The fourth-order valence-electron chi connectivity index (χ4n) is 1.93. The summed E-state index contributed by atoms with van der Waals surface area (Å²) in [5.74, 6) is -0.406. The lowest BCUT2D eigenvalue weighted by Gasteiger charge is -2.24. The molecule has 0 fully saturated rings. The minimum Gasteiger partial charge on any atom is -0.374 e. The summed E-state index contributed by atoms with van der Waals surface area (Å²) in [5, 5.41) is 0. The van der Waals surface area contributed by atoms with Gasteiger partial charge in [0.2, 0.25) is 0 Å². The number of benzene rings is 1. The Morgan fingerprint density at radius 2 is 1.95 bits per heavy atom. The molecule has 0 aromatic heterocycles. The third-order valence-electron chi connectivity index (χ3n) is 3.19. The van der Waals surface area contributed by atoms with Crippen LogP contribution in [-0.2, 0) is 6.42 Å². The molecule has 0 saturated carbocycles. The first-order valence-corrected chi connectivity index (χ1v) is 6.55. The molecule has 0 amide bonds. The summed E-state index contributed by atoms with van der Waals surface area (Å²) in [4.78, 5) is 1.49. The smallest absolute Gasteiger partial charge is 0.374 e. The minimum atomic E-state index is -4.20. The van der Waals surface area contributed by atoms with Gasteiger partial charge in [0.1, 0.15) is 5.82 Å². The quantitative estimate of drug-likeness (QED) is 0.813. The highest BCUT2D eigenvalue weighted by Gasteiger charge is 2.27. The maximum Gasteiger partial charge on any atom is 0.390 e. The fourth-order valence-corrected chi connectivity index (χ4v) is 1.93. The first-order chi connectivity index (χ1) is 9.23. The lowest BCUT2D eigenvalue weighted by atomic mass is 10.0. The number of hydrogen-bond donors (Lipinski definition) is 1. The first kappa shape index (κ1) is 16.8. The van der Waals surface area contributed by atoms with Crippen molar-refractivity contribution < 1.29 is 17.6 Å². The molecule has 1 aromatic rings. The molecule has 0 saturated heterocycles. The molecule has 2 nitrogen and oxygen atoms in total. The lowest BCUT2D eigenvalue weighted by Crippen LogP contribution is -2.27. The Morgan fingerprint density at radius 1 is 1.30 bits per heavy atom. The monoisotopic (exact) mass is 292 g/mol. The highest BCUT2D eigenvalue weighted by molar-refractivity contribution is 5.53. The van der Waals surface area contributed by atoms with E-state index in [2.05, 4.69) is 0 Å². The third kappa shape index (κ3) is 5.36. The van der Waals surface area contributed by atoms with Crippen LogP contribution in [0.15, 0.2) is 18.2 Å². The van der Waals surface area contributed by atoms with Crippen molar-refractivity contribution in [3.05, 3.63) is 29.6 Å². The second-order valence-corrected chi connectivity index (χ2v) is 4.93. The summed E-state index contributed by atoms with van der Waals surface area (Å²) in [6, 6.07) is 3.96. The second kappa shape index (κ2) is 6.92. The fraction of sp³-hybridized carbons (Fsp3) is 0.571. The molecule has 0 aliphatic heterocycles. The van der Waals surface area contributed by atoms with E-state index in [1.165, 1.54) is 23.1 Å². The van der Waals surface area contributed by atoms with E-state index in [4.69, 9.17) is 5.73 Å². The number of anilines is 1. The molecule has 20 heavy (non-hydrogen) atoms. The molecule has 6 heteroatoms. The summed E-state index contributed by atoms with van der Waals surface area (Å²) in [5.41, 5.74) is 7.09. The Balaban J connectivity index is 2.87. The molecule has 1 unspecified atom stereocenters. The van der Waals surface area contributed by atoms with Crippen molar-refractivity contribution in [2.24, 2.45) is 5.73 Å². The van der Waals surface area contributed by atoms with Crippen LogP contribution >= 0.6 is 0 Å². The van der Waals surface area contributed by atoms with Gasteiger partial charge in [-0.1, -0.05) is 6.92 Å². The maximum absolute atomic E-state index is 13.3. The highest BCUT2D eigenvalue weighted by atomic mass is 19.4. The minimum absolute atomic E-state index is 0.133. The van der Waals surface area contributed by atoms with Gasteiger partial charge in [-0.2, -0.15) is 13.2 Å². The number of halogens is 4. The van der Waals surface area contributed by atoms with E-state index in [-0.39, 0.29) is 12.6 Å². The summed E-state index contributed by atoms with van der Waals surface area (Å²) >= 11 is 0. The summed E-state index contributed by atoms with van der Waals surface area (Å²) < 4.78 is 50.1. The van der Waals surface area contributed by atoms with E-state index in [1.807, 2.05) is 6.92 Å². The summed E-state index contributed by atoms with van der Waals surface area (Å²) in [7, 11) is 1.57. The molecule has 0 radical (unpaired) electrons. The molecular weight excluding hydrogens is 272 g/mol. The first-order valence-electron chi connectivity index (χ1n) is 6.55. The van der Waals surface area contributed by atoms with Gasteiger partial charge in [-0.3, -0.25) is 0 Å². The maximum atomic E-state index is 13.3. The Hall–Kier alpha value is -1.30. The number of rotatable bonds is 6. The van der Waals surface area contributed by atoms with E-state index >= 15 is 0 Å². The van der Waals surface area contributed by atoms with Gasteiger partial charge in [0.05, 0.1) is 6.42 Å². The van der Waals surface area contributed by atoms with Crippen LogP contribution in [0.4, 0.5) is 23.2 Å². The average molecular weight is 292 g/mol. The van der Waals surface area contributed by atoms with Crippen LogP contribution < -0.4 is 10.6 Å². The Morgan fingerprint density at radius 3 is 2.50 bits per heavy atom. The van der Waals surface area contributed by atoms with Crippen LogP contribution in [-0.4, -0.2) is 25.8 Å². The van der Waals surface area contributed by atoms with E-state index < -0.39 is 18.4 Å². The molecule has 1 aromatic carbocycles. The van der Waals surface area contributed by atoms with E-state index in [0.29, 0.717) is 17.7 Å². The van der Waals surface area contributed by atoms with Crippen LogP contribution in [0.2, 0.25) is 0 Å². The van der Waals surface area contributed by atoms with Crippen molar-refractivity contribution in [3.63, 3.8) is 0 Å². The Bertz CT molecular complexity index is 432. The molecule has 0 aliphatic rings. The summed E-state index contributed by atoms with van der Waals surface area (Å²) in [6.07, 6.45) is -3.93. The van der Waals surface area contributed by atoms with Crippen LogP contribution in [0, 0.1) is 5.82 Å². The van der Waals surface area contributed by atoms with Crippen LogP contribution in [0.3, 0.4) is 0 Å². The van der Waals surface area contributed by atoms with Crippen LogP contribution in [0.5, 0.6) is 0 Å². The largest absolute Gasteiger partial charge is 0.390 e. The molecule has 114 valence electrons. The van der Waals surface area contributed by atoms with Crippen LogP contribution in [0.25, 0.3) is 0 Å². The van der Waals surface area contributed by atoms with Crippen molar-refractivity contribution in [1.82, 2.24) is 0 Å². The van der Waals surface area contributed by atoms with E-state index in [1.54, 1.807) is 7.05 Å². The summed E-state index contributed by atoms with van der Waals surface area (Å²) in [6.45, 7) is 1.75. The van der Waals surface area contributed by atoms with Gasteiger partial charge >= 0.3 is 6.18 Å². The molecular formula is C14H20F4N2. The van der Waals surface area contributed by atoms with Crippen molar-refractivity contribution in [2.45, 2.75) is 38.4 Å². The number of hydrogen-bond acceptors (Lipinski definition) is 2. The SMILES string of the molecule is CCC(N)Cc1cc(F)ccc1N(C)CCC(F)(F)F. The highest BCUT2D eigenvalue weighted by Crippen LogP contribution is 2.25.